The quantitative estimate of drug-likeness (QED) is 0.587. The average Bonchev–Trinajstić information content (AvgIpc) is 2.30. The first kappa shape index (κ1) is 11.5. The number of hydrogen-bond donors (Lipinski definition) is 0. The average molecular weight is 208 g/mol. The van der Waals surface area contributed by atoms with E-state index in [4.69, 9.17) is 0 Å². The van der Waals surface area contributed by atoms with Crippen molar-refractivity contribution in [2.45, 2.75) is 78.1 Å². The molecular weight excluding hydrogens is 180 g/mol. The molecule has 0 aromatic carbocycles. The summed E-state index contributed by atoms with van der Waals surface area (Å²) in [7, 11) is 0. The van der Waals surface area contributed by atoms with Gasteiger partial charge in [0.1, 0.15) is 0 Å². The summed E-state index contributed by atoms with van der Waals surface area (Å²) < 4.78 is 0. The van der Waals surface area contributed by atoms with E-state index >= 15 is 0 Å². The molecule has 0 heterocycles. The minimum Gasteiger partial charge on any atom is -0.0651 e. The van der Waals surface area contributed by atoms with Crippen LogP contribution in [0.2, 0.25) is 0 Å². The lowest BCUT2D eigenvalue weighted by atomic mass is 9.59. The Kier molecular flexibility index (Phi) is 3.74. The van der Waals surface area contributed by atoms with Crippen LogP contribution in [-0.4, -0.2) is 0 Å². The van der Waals surface area contributed by atoms with Gasteiger partial charge in [0.25, 0.3) is 0 Å². The van der Waals surface area contributed by atoms with Gasteiger partial charge >= 0.3 is 0 Å². The molecule has 88 valence electrons. The smallest absolute Gasteiger partial charge is 0.0295 e. The normalized spacial score (nSPS) is 35.6. The highest BCUT2D eigenvalue weighted by molar-refractivity contribution is 4.91. The lowest BCUT2D eigenvalue weighted by molar-refractivity contribution is 0.0473. The van der Waals surface area contributed by atoms with Gasteiger partial charge in [-0.05, 0) is 49.4 Å². The van der Waals surface area contributed by atoms with Gasteiger partial charge in [0.2, 0.25) is 0 Å². The van der Waals surface area contributed by atoms with Gasteiger partial charge < -0.3 is 0 Å². The molecule has 15 heavy (non-hydrogen) atoms. The Morgan fingerprint density at radius 2 is 1.53 bits per heavy atom. The third kappa shape index (κ3) is 2.40. The van der Waals surface area contributed by atoms with E-state index in [1.54, 1.807) is 25.7 Å². The molecular formula is C15H28. The highest BCUT2D eigenvalue weighted by Gasteiger charge is 2.39. The first-order chi connectivity index (χ1) is 7.29. The minimum atomic E-state index is 0.810. The Morgan fingerprint density at radius 1 is 0.867 bits per heavy atom. The molecule has 0 nitrogen and oxygen atoms in total. The van der Waals surface area contributed by atoms with E-state index in [1.165, 1.54) is 38.5 Å². The van der Waals surface area contributed by atoms with Crippen LogP contribution in [0.1, 0.15) is 78.1 Å². The van der Waals surface area contributed by atoms with Gasteiger partial charge in [-0.2, -0.15) is 0 Å². The third-order valence-electron chi connectivity index (χ3n) is 5.37. The zero-order valence-electron chi connectivity index (χ0n) is 10.7. The van der Waals surface area contributed by atoms with E-state index in [-0.39, 0.29) is 0 Å². The van der Waals surface area contributed by atoms with E-state index < -0.39 is 0 Å². The molecule has 2 unspecified atom stereocenters. The molecule has 2 saturated carbocycles. The summed E-state index contributed by atoms with van der Waals surface area (Å²) in [4.78, 5) is 0. The Bertz CT molecular complexity index is 188. The lowest BCUT2D eigenvalue weighted by Crippen LogP contribution is -2.35. The van der Waals surface area contributed by atoms with E-state index in [1.807, 2.05) is 0 Å². The van der Waals surface area contributed by atoms with Crippen molar-refractivity contribution in [3.63, 3.8) is 0 Å². The van der Waals surface area contributed by atoms with Gasteiger partial charge in [0.15, 0.2) is 0 Å². The predicted molar refractivity (Wildman–Crippen MR) is 66.9 cm³/mol. The van der Waals surface area contributed by atoms with Crippen molar-refractivity contribution in [1.82, 2.24) is 0 Å². The molecule has 0 aromatic heterocycles. The third-order valence-corrected chi connectivity index (χ3v) is 5.37. The van der Waals surface area contributed by atoms with Crippen LogP contribution in [0.4, 0.5) is 0 Å². The second kappa shape index (κ2) is 4.89. The van der Waals surface area contributed by atoms with Gasteiger partial charge in [-0.15, -0.1) is 0 Å². The van der Waals surface area contributed by atoms with Crippen LogP contribution in [-0.2, 0) is 0 Å². The second-order valence-electron chi connectivity index (χ2n) is 6.14. The molecule has 0 bridgehead atoms. The van der Waals surface area contributed by atoms with Crippen LogP contribution < -0.4 is 0 Å². The topological polar surface area (TPSA) is 0 Å². The summed E-state index contributed by atoms with van der Waals surface area (Å²) in [6, 6.07) is 0. The van der Waals surface area contributed by atoms with Crippen LogP contribution in [0.3, 0.4) is 0 Å². The standard InChI is InChI=1S/C15H28/c1-3-13-8-11-15(12-14(13)4-2)9-6-5-7-10-15/h13-14H,3-12H2,1-2H3. The molecule has 0 aromatic rings. The highest BCUT2D eigenvalue weighted by atomic mass is 14.4. The SMILES string of the molecule is CCC1CCC2(CCCCC2)CC1CC. The fraction of sp³-hybridized carbons (Fsp3) is 1.00. The zero-order chi connectivity index (χ0) is 10.7. The first-order valence-electron chi connectivity index (χ1n) is 7.29. The molecule has 0 saturated heterocycles. The van der Waals surface area contributed by atoms with Crippen LogP contribution in [0, 0.1) is 17.3 Å². The Balaban J connectivity index is 1.99. The molecule has 2 rings (SSSR count). The Labute approximate surface area is 95.8 Å². The van der Waals surface area contributed by atoms with Crippen molar-refractivity contribution >= 4 is 0 Å². The molecule has 2 aliphatic rings. The maximum absolute atomic E-state index is 2.41. The largest absolute Gasteiger partial charge is 0.0651 e. The highest BCUT2D eigenvalue weighted by Crippen LogP contribution is 2.52. The monoisotopic (exact) mass is 208 g/mol. The van der Waals surface area contributed by atoms with Crippen LogP contribution >= 0.6 is 0 Å². The van der Waals surface area contributed by atoms with E-state index in [9.17, 15) is 0 Å². The zero-order valence-corrected chi connectivity index (χ0v) is 10.7. The van der Waals surface area contributed by atoms with E-state index in [0.29, 0.717) is 0 Å². The summed E-state index contributed by atoms with van der Waals surface area (Å²) in [6.07, 6.45) is 15.2. The Morgan fingerprint density at radius 3 is 2.13 bits per heavy atom. The molecule has 0 N–H and O–H groups in total. The molecule has 0 aliphatic heterocycles. The predicted octanol–water partition coefficient (Wildman–Crippen LogP) is 5.17. The van der Waals surface area contributed by atoms with Gasteiger partial charge in [-0.1, -0.05) is 46.0 Å². The fourth-order valence-corrected chi connectivity index (χ4v) is 4.32. The van der Waals surface area contributed by atoms with Gasteiger partial charge in [-0.3, -0.25) is 0 Å². The van der Waals surface area contributed by atoms with Crippen molar-refractivity contribution in [2.24, 2.45) is 17.3 Å². The molecule has 0 heteroatoms. The summed E-state index contributed by atoms with van der Waals surface area (Å²) in [5.41, 5.74) is 0.810. The number of rotatable bonds is 2. The molecule has 2 atom stereocenters. The van der Waals surface area contributed by atoms with Gasteiger partial charge in [-0.25, -0.2) is 0 Å². The lowest BCUT2D eigenvalue weighted by Gasteiger charge is -2.47. The minimum absolute atomic E-state index is 0.810. The van der Waals surface area contributed by atoms with Crippen molar-refractivity contribution in [2.75, 3.05) is 0 Å². The molecule has 0 amide bonds. The van der Waals surface area contributed by atoms with Crippen molar-refractivity contribution in [1.29, 1.82) is 0 Å². The summed E-state index contributed by atoms with van der Waals surface area (Å²) >= 11 is 0. The Hall–Kier alpha value is 0. The van der Waals surface area contributed by atoms with Crippen LogP contribution in [0.25, 0.3) is 0 Å². The van der Waals surface area contributed by atoms with Crippen molar-refractivity contribution in [3.8, 4) is 0 Å². The molecule has 1 spiro atoms. The van der Waals surface area contributed by atoms with Crippen molar-refractivity contribution < 1.29 is 0 Å². The van der Waals surface area contributed by atoms with Crippen LogP contribution in [0.5, 0.6) is 0 Å². The van der Waals surface area contributed by atoms with Crippen LogP contribution in [0.15, 0.2) is 0 Å². The van der Waals surface area contributed by atoms with Gasteiger partial charge in [0, 0.05) is 0 Å². The molecule has 0 radical (unpaired) electrons. The van der Waals surface area contributed by atoms with Gasteiger partial charge in [0.05, 0.1) is 0 Å². The second-order valence-corrected chi connectivity index (χ2v) is 6.14. The summed E-state index contributed by atoms with van der Waals surface area (Å²) in [5, 5.41) is 0. The fourth-order valence-electron chi connectivity index (χ4n) is 4.32. The summed E-state index contributed by atoms with van der Waals surface area (Å²) in [6.45, 7) is 4.81. The van der Waals surface area contributed by atoms with E-state index in [0.717, 1.165) is 17.3 Å². The molecule has 2 aliphatic carbocycles. The first-order valence-corrected chi connectivity index (χ1v) is 7.29. The summed E-state index contributed by atoms with van der Waals surface area (Å²) in [5.74, 6) is 2.12. The van der Waals surface area contributed by atoms with Crippen molar-refractivity contribution in [3.05, 3.63) is 0 Å². The maximum Gasteiger partial charge on any atom is -0.0295 e. The van der Waals surface area contributed by atoms with E-state index in [2.05, 4.69) is 13.8 Å². The number of hydrogen-bond acceptors (Lipinski definition) is 0. The molecule has 2 fully saturated rings. The maximum atomic E-state index is 2.41.